The minimum absolute atomic E-state index is 0. The maximum Gasteiger partial charge on any atom is 4.00 e. The van der Waals surface area contributed by atoms with E-state index in [1.807, 2.05) is 24.3 Å². The van der Waals surface area contributed by atoms with Crippen molar-refractivity contribution >= 4 is 44.3 Å². The van der Waals surface area contributed by atoms with Crippen LogP contribution in [0.1, 0.15) is 90.4 Å². The second-order valence-electron chi connectivity index (χ2n) is 13.8. The first-order valence-corrected chi connectivity index (χ1v) is 21.0. The Labute approximate surface area is 331 Å². The summed E-state index contributed by atoms with van der Waals surface area (Å²) in [5.74, 6) is 0.823. The molecule has 6 nitrogen and oxygen atoms in total. The van der Waals surface area contributed by atoms with Crippen molar-refractivity contribution in [2.75, 3.05) is 25.0 Å². The molecule has 0 saturated heterocycles. The van der Waals surface area contributed by atoms with Crippen LogP contribution in [0.3, 0.4) is 0 Å². The SMILES string of the molecule is CS(C)=O.CS(C)=O.[NH-]c1cc2c(cc1[NH-])C1c3ccccc3C2c2ccccc21.[NH-]c1cc2c(cc1[NH-])C1c3ccccc3C2c2ccccc21.[Pt+4]. The maximum atomic E-state index is 9.56. The van der Waals surface area contributed by atoms with E-state index >= 15 is 0 Å². The molecule has 0 amide bonds. The average molecular weight is 916 g/mol. The Bertz CT molecular complexity index is 1980. The molecule has 270 valence electrons. The molecule has 6 aromatic rings. The predicted molar refractivity (Wildman–Crippen MR) is 218 cm³/mol. The third-order valence-electron chi connectivity index (χ3n) is 10.2. The molecule has 53 heavy (non-hydrogen) atoms. The van der Waals surface area contributed by atoms with Crippen LogP contribution in [-0.4, -0.2) is 33.4 Å². The summed E-state index contributed by atoms with van der Waals surface area (Å²) in [6, 6.07) is 42.1. The standard InChI is InChI=1S/2C20H14N2.2C2H6OS.Pt/c2*21-17-9-15-16(10-18(17)22)20-12-6-2-1-5-11(12)19(15)13-7-3-4-8-14(13)20;2*1-4(2)3;/h2*1-10,19-22H;2*1-2H3;/q2*-2;;;+4. The van der Waals surface area contributed by atoms with E-state index in [1.165, 1.54) is 66.8 Å². The first kappa shape index (κ1) is 38.2. The zero-order valence-corrected chi connectivity index (χ0v) is 33.7. The van der Waals surface area contributed by atoms with Crippen LogP contribution >= 0.6 is 0 Å². The van der Waals surface area contributed by atoms with Gasteiger partial charge in [-0.1, -0.05) is 121 Å². The summed E-state index contributed by atoms with van der Waals surface area (Å²) in [4.78, 5) is 0. The van der Waals surface area contributed by atoms with Gasteiger partial charge in [-0.25, -0.2) is 0 Å². The quantitative estimate of drug-likeness (QED) is 0.150. The van der Waals surface area contributed by atoms with Gasteiger partial charge in [-0.2, -0.15) is 22.7 Å². The van der Waals surface area contributed by atoms with Crippen LogP contribution in [0.15, 0.2) is 121 Å². The molecule has 0 fully saturated rings. The van der Waals surface area contributed by atoms with Crippen LogP contribution in [-0.2, 0) is 42.7 Å². The topological polar surface area (TPSA) is 129 Å². The molecule has 12 rings (SSSR count). The minimum atomic E-state index is -0.611. The van der Waals surface area contributed by atoms with Crippen LogP contribution in [0.5, 0.6) is 0 Å². The number of rotatable bonds is 0. The molecule has 0 spiro atoms. The smallest absolute Gasteiger partial charge is 0.700 e. The summed E-state index contributed by atoms with van der Waals surface area (Å²) < 4.78 is 19.1. The molecule has 0 aliphatic heterocycles. The molecular formula is C44H40N4O2PtS2. The van der Waals surface area contributed by atoms with E-state index in [0.717, 1.165) is 0 Å². The first-order valence-electron chi connectivity index (χ1n) is 17.0. The third-order valence-corrected chi connectivity index (χ3v) is 10.2. The van der Waals surface area contributed by atoms with Crippen molar-refractivity contribution in [2.45, 2.75) is 23.7 Å². The fraction of sp³-hybridized carbons (Fsp3) is 0.182. The molecule has 6 aliphatic rings. The van der Waals surface area contributed by atoms with E-state index in [-0.39, 0.29) is 44.7 Å². The van der Waals surface area contributed by atoms with E-state index in [2.05, 4.69) is 97.1 Å². The van der Waals surface area contributed by atoms with Gasteiger partial charge < -0.3 is 22.9 Å². The van der Waals surface area contributed by atoms with E-state index < -0.39 is 21.6 Å². The Hall–Kier alpha value is -4.49. The van der Waals surface area contributed by atoms with Crippen LogP contribution in [0.25, 0.3) is 22.9 Å². The van der Waals surface area contributed by atoms with Crippen LogP contribution in [0.2, 0.25) is 0 Å². The van der Waals surface area contributed by atoms with E-state index in [9.17, 15) is 8.42 Å². The summed E-state index contributed by atoms with van der Waals surface area (Å²) in [5, 5.41) is 0. The summed E-state index contributed by atoms with van der Waals surface area (Å²) >= 11 is 0. The molecule has 9 heteroatoms. The zero-order valence-electron chi connectivity index (χ0n) is 29.8. The van der Waals surface area contributed by atoms with Gasteiger partial charge in [-0.15, -0.1) is 0 Å². The minimum Gasteiger partial charge on any atom is -0.700 e. The number of hydrogen-bond acceptors (Lipinski definition) is 2. The molecule has 6 aliphatic carbocycles. The zero-order chi connectivity index (χ0) is 36.8. The van der Waals surface area contributed by atoms with Crippen molar-refractivity contribution in [3.8, 4) is 0 Å². The molecule has 0 radical (unpaired) electrons. The molecule has 4 bridgehead atoms. The van der Waals surface area contributed by atoms with E-state index in [4.69, 9.17) is 22.9 Å². The Morgan fingerprint density at radius 3 is 0.604 bits per heavy atom. The van der Waals surface area contributed by atoms with Crippen molar-refractivity contribution in [3.05, 3.63) is 211 Å². The molecule has 0 atom stereocenters. The molecule has 4 N–H and O–H groups in total. The van der Waals surface area contributed by atoms with Gasteiger partial charge in [0.15, 0.2) is 0 Å². The molecule has 0 aromatic heterocycles. The number of benzene rings is 6. The number of nitrogens with one attached hydrogen (secondary N) is 4. The average Bonchev–Trinajstić information content (AvgIpc) is 3.12. The Morgan fingerprint density at radius 2 is 0.472 bits per heavy atom. The Morgan fingerprint density at radius 1 is 0.340 bits per heavy atom. The van der Waals surface area contributed by atoms with E-state index in [0.29, 0.717) is 22.7 Å². The van der Waals surface area contributed by atoms with Crippen LogP contribution < -0.4 is 0 Å². The second-order valence-corrected chi connectivity index (χ2v) is 16.8. The van der Waals surface area contributed by atoms with Crippen LogP contribution in [0.4, 0.5) is 22.7 Å². The predicted octanol–water partition coefficient (Wildman–Crippen LogP) is 12.1. The molecule has 6 aromatic carbocycles. The normalized spacial score (nSPS) is 18.1. The first-order chi connectivity index (χ1) is 25.0. The fourth-order valence-electron chi connectivity index (χ4n) is 8.42. The van der Waals surface area contributed by atoms with Gasteiger partial charge in [0.05, 0.1) is 0 Å². The van der Waals surface area contributed by atoms with E-state index in [1.54, 1.807) is 25.0 Å². The van der Waals surface area contributed by atoms with Gasteiger partial charge in [0.2, 0.25) is 0 Å². The van der Waals surface area contributed by atoms with Gasteiger partial charge in [0.1, 0.15) is 0 Å². The van der Waals surface area contributed by atoms with Gasteiger partial charge in [0.25, 0.3) is 0 Å². The molecular weight excluding hydrogens is 876 g/mol. The van der Waals surface area contributed by atoms with Gasteiger partial charge in [-0.3, -0.25) is 8.42 Å². The molecule has 0 unspecified atom stereocenters. The molecule has 0 heterocycles. The summed E-state index contributed by atoms with van der Waals surface area (Å²) in [6.07, 6.45) is 6.56. The van der Waals surface area contributed by atoms with Gasteiger partial charge in [0, 0.05) is 70.3 Å². The molecule has 0 saturated carbocycles. The Balaban J connectivity index is 0.000000149. The third kappa shape index (κ3) is 6.89. The summed E-state index contributed by atoms with van der Waals surface area (Å²) in [7, 11) is -1.22. The Kier molecular flexibility index (Phi) is 11.2. The van der Waals surface area contributed by atoms with Gasteiger partial charge >= 0.3 is 21.1 Å². The van der Waals surface area contributed by atoms with Gasteiger partial charge in [-0.05, 0) is 66.8 Å². The summed E-state index contributed by atoms with van der Waals surface area (Å²) in [6.45, 7) is 0. The maximum absolute atomic E-state index is 9.56. The second kappa shape index (κ2) is 15.5. The monoisotopic (exact) mass is 915 g/mol. The largest absolute Gasteiger partial charge is 4.00 e. The van der Waals surface area contributed by atoms with Crippen molar-refractivity contribution in [1.82, 2.24) is 0 Å². The fourth-order valence-corrected chi connectivity index (χ4v) is 8.42. The van der Waals surface area contributed by atoms with Crippen molar-refractivity contribution < 1.29 is 29.5 Å². The number of hydrogen-bond donors (Lipinski definition) is 0. The summed E-state index contributed by atoms with van der Waals surface area (Å²) in [5.41, 5.74) is 49.1. The van der Waals surface area contributed by atoms with Crippen molar-refractivity contribution in [2.24, 2.45) is 0 Å². The van der Waals surface area contributed by atoms with Crippen molar-refractivity contribution in [3.63, 3.8) is 0 Å². The van der Waals surface area contributed by atoms with Crippen LogP contribution in [0, 0.1) is 0 Å². The van der Waals surface area contributed by atoms with Crippen molar-refractivity contribution in [1.29, 1.82) is 0 Å².